The van der Waals surface area contributed by atoms with E-state index < -0.39 is 0 Å². The summed E-state index contributed by atoms with van der Waals surface area (Å²) in [6, 6.07) is 0.103. The average Bonchev–Trinajstić information content (AvgIpc) is 2.84. The van der Waals surface area contributed by atoms with Crippen LogP contribution in [0.4, 0.5) is 0 Å². The number of hydrogen-bond acceptors (Lipinski definition) is 3. The molecule has 0 aromatic carbocycles. The second kappa shape index (κ2) is 5.49. The third-order valence-electron chi connectivity index (χ3n) is 4.71. The Morgan fingerprint density at radius 3 is 2.79 bits per heavy atom. The molecule has 0 aromatic heterocycles. The van der Waals surface area contributed by atoms with Gasteiger partial charge in [-0.15, -0.1) is 0 Å². The van der Waals surface area contributed by atoms with Crippen molar-refractivity contribution in [3.05, 3.63) is 0 Å². The van der Waals surface area contributed by atoms with E-state index in [4.69, 9.17) is 0 Å². The molecule has 0 saturated carbocycles. The number of carbonyl (C=O) groups excluding carboxylic acids is 2. The van der Waals surface area contributed by atoms with E-state index in [0.29, 0.717) is 18.9 Å². The van der Waals surface area contributed by atoms with Gasteiger partial charge in [0, 0.05) is 32.6 Å². The number of amides is 2. The molecule has 2 fully saturated rings. The predicted octanol–water partition coefficient (Wildman–Crippen LogP) is 0.359. The molecule has 0 bridgehead atoms. The Hall–Kier alpha value is -1.10. The van der Waals surface area contributed by atoms with Crippen LogP contribution in [0.5, 0.6) is 0 Å². The van der Waals surface area contributed by atoms with Crippen molar-refractivity contribution in [2.75, 3.05) is 26.7 Å². The summed E-state index contributed by atoms with van der Waals surface area (Å²) in [6.07, 6.45) is 2.20. The maximum absolute atomic E-state index is 12.6. The minimum Gasteiger partial charge on any atom is -0.351 e. The zero-order chi connectivity index (χ0) is 14.0. The lowest BCUT2D eigenvalue weighted by atomic mass is 9.75. The second-order valence-electron chi connectivity index (χ2n) is 6.22. The maximum atomic E-state index is 12.6. The van der Waals surface area contributed by atoms with Crippen molar-refractivity contribution in [2.24, 2.45) is 11.3 Å². The Kier molecular flexibility index (Phi) is 4.13. The predicted molar refractivity (Wildman–Crippen MR) is 73.6 cm³/mol. The summed E-state index contributed by atoms with van der Waals surface area (Å²) in [5.41, 5.74) is -0.278. The van der Waals surface area contributed by atoms with Crippen molar-refractivity contribution in [3.63, 3.8) is 0 Å². The molecular weight excluding hydrogens is 242 g/mol. The fourth-order valence-corrected chi connectivity index (χ4v) is 3.12. The van der Waals surface area contributed by atoms with Gasteiger partial charge < -0.3 is 15.5 Å². The third kappa shape index (κ3) is 2.76. The smallest absolute Gasteiger partial charge is 0.228 e. The van der Waals surface area contributed by atoms with Crippen LogP contribution in [-0.4, -0.2) is 49.4 Å². The number of hydrogen-bond donors (Lipinski definition) is 2. The van der Waals surface area contributed by atoms with Gasteiger partial charge in [-0.25, -0.2) is 0 Å². The van der Waals surface area contributed by atoms with E-state index in [0.717, 1.165) is 25.9 Å². The van der Waals surface area contributed by atoms with Crippen molar-refractivity contribution >= 4 is 11.8 Å². The highest BCUT2D eigenvalue weighted by Crippen LogP contribution is 2.34. The van der Waals surface area contributed by atoms with E-state index in [9.17, 15) is 9.59 Å². The summed E-state index contributed by atoms with van der Waals surface area (Å²) in [5.74, 6) is 0.650. The molecule has 2 aliphatic heterocycles. The number of piperidine rings is 1. The molecule has 0 aromatic rings. The van der Waals surface area contributed by atoms with Gasteiger partial charge in [-0.1, -0.05) is 13.8 Å². The molecule has 2 atom stereocenters. The third-order valence-corrected chi connectivity index (χ3v) is 4.71. The Morgan fingerprint density at radius 1 is 1.53 bits per heavy atom. The molecular formula is C14H25N3O2. The lowest BCUT2D eigenvalue weighted by Gasteiger charge is -2.36. The zero-order valence-corrected chi connectivity index (χ0v) is 12.2. The number of nitrogens with one attached hydrogen (secondary N) is 2. The summed E-state index contributed by atoms with van der Waals surface area (Å²) < 4.78 is 0. The van der Waals surface area contributed by atoms with Crippen LogP contribution >= 0.6 is 0 Å². The van der Waals surface area contributed by atoms with Crippen LogP contribution < -0.4 is 10.6 Å². The van der Waals surface area contributed by atoms with E-state index in [2.05, 4.69) is 24.5 Å². The Labute approximate surface area is 115 Å². The topological polar surface area (TPSA) is 61.4 Å². The van der Waals surface area contributed by atoms with Crippen molar-refractivity contribution in [1.82, 2.24) is 15.5 Å². The highest BCUT2D eigenvalue weighted by molar-refractivity contribution is 5.84. The molecule has 2 rings (SSSR count). The molecule has 0 radical (unpaired) electrons. The van der Waals surface area contributed by atoms with Gasteiger partial charge >= 0.3 is 0 Å². The summed E-state index contributed by atoms with van der Waals surface area (Å²) in [6.45, 7) is 6.53. The first-order chi connectivity index (χ1) is 8.95. The SMILES string of the molecule is CC(C)C1(C(=O)NC2CCC(=O)N(C)C2)CCNC1. The largest absolute Gasteiger partial charge is 0.351 e. The first-order valence-electron chi connectivity index (χ1n) is 7.21. The molecule has 5 heteroatoms. The van der Waals surface area contributed by atoms with E-state index in [-0.39, 0.29) is 23.3 Å². The van der Waals surface area contributed by atoms with Gasteiger partial charge in [0.1, 0.15) is 0 Å². The summed E-state index contributed by atoms with van der Waals surface area (Å²) in [7, 11) is 1.80. The fourth-order valence-electron chi connectivity index (χ4n) is 3.12. The number of rotatable bonds is 3. The van der Waals surface area contributed by atoms with Gasteiger partial charge in [-0.3, -0.25) is 9.59 Å². The van der Waals surface area contributed by atoms with Gasteiger partial charge in [0.05, 0.1) is 5.41 Å². The van der Waals surface area contributed by atoms with E-state index in [1.54, 1.807) is 11.9 Å². The van der Waals surface area contributed by atoms with Crippen molar-refractivity contribution in [1.29, 1.82) is 0 Å². The number of carbonyl (C=O) groups is 2. The van der Waals surface area contributed by atoms with Crippen LogP contribution in [0, 0.1) is 11.3 Å². The lowest BCUT2D eigenvalue weighted by molar-refractivity contribution is -0.137. The monoisotopic (exact) mass is 267 g/mol. The molecule has 2 saturated heterocycles. The minimum atomic E-state index is -0.278. The van der Waals surface area contributed by atoms with Crippen LogP contribution in [0.15, 0.2) is 0 Å². The van der Waals surface area contributed by atoms with E-state index in [1.807, 2.05) is 0 Å². The molecule has 2 aliphatic rings. The standard InChI is InChI=1S/C14H25N3O2/c1-10(2)14(6-7-15-9-14)13(19)16-11-4-5-12(18)17(3)8-11/h10-11,15H,4-9H2,1-3H3,(H,16,19). The normalized spacial score (nSPS) is 31.9. The number of likely N-dealkylation sites (tertiary alicyclic amines) is 1. The first kappa shape index (κ1) is 14.3. The molecule has 2 heterocycles. The molecule has 2 N–H and O–H groups in total. The molecule has 2 unspecified atom stereocenters. The van der Waals surface area contributed by atoms with Crippen molar-refractivity contribution < 1.29 is 9.59 Å². The van der Waals surface area contributed by atoms with Crippen LogP contribution in [0.25, 0.3) is 0 Å². The van der Waals surface area contributed by atoms with Crippen LogP contribution in [0.3, 0.4) is 0 Å². The summed E-state index contributed by atoms with van der Waals surface area (Å²) in [5, 5.41) is 6.46. The maximum Gasteiger partial charge on any atom is 0.228 e. The molecule has 19 heavy (non-hydrogen) atoms. The zero-order valence-electron chi connectivity index (χ0n) is 12.2. The average molecular weight is 267 g/mol. The number of nitrogens with zero attached hydrogens (tertiary/aromatic N) is 1. The quantitative estimate of drug-likeness (QED) is 0.776. The fraction of sp³-hybridized carbons (Fsp3) is 0.857. The summed E-state index contributed by atoms with van der Waals surface area (Å²) >= 11 is 0. The Morgan fingerprint density at radius 2 is 2.26 bits per heavy atom. The molecule has 0 spiro atoms. The van der Waals surface area contributed by atoms with Crippen molar-refractivity contribution in [2.45, 2.75) is 39.2 Å². The van der Waals surface area contributed by atoms with Gasteiger partial charge in [-0.2, -0.15) is 0 Å². The highest BCUT2D eigenvalue weighted by atomic mass is 16.2. The molecule has 2 amide bonds. The first-order valence-corrected chi connectivity index (χ1v) is 7.21. The van der Waals surface area contributed by atoms with Crippen molar-refractivity contribution in [3.8, 4) is 0 Å². The van der Waals surface area contributed by atoms with Gasteiger partial charge in [0.25, 0.3) is 0 Å². The van der Waals surface area contributed by atoms with E-state index in [1.165, 1.54) is 0 Å². The summed E-state index contributed by atoms with van der Waals surface area (Å²) in [4.78, 5) is 25.8. The molecule has 5 nitrogen and oxygen atoms in total. The molecule has 108 valence electrons. The van der Waals surface area contributed by atoms with Crippen LogP contribution in [0.2, 0.25) is 0 Å². The van der Waals surface area contributed by atoms with Gasteiger partial charge in [0.15, 0.2) is 0 Å². The number of likely N-dealkylation sites (N-methyl/N-ethyl adjacent to an activating group) is 1. The van der Waals surface area contributed by atoms with E-state index >= 15 is 0 Å². The Bertz CT molecular complexity index is 362. The minimum absolute atomic E-state index is 0.103. The highest BCUT2D eigenvalue weighted by Gasteiger charge is 2.44. The van der Waals surface area contributed by atoms with Crippen LogP contribution in [0.1, 0.15) is 33.1 Å². The van der Waals surface area contributed by atoms with Crippen LogP contribution in [-0.2, 0) is 9.59 Å². The lowest BCUT2D eigenvalue weighted by Crippen LogP contribution is -2.54. The van der Waals surface area contributed by atoms with Gasteiger partial charge in [-0.05, 0) is 25.3 Å². The Balaban J connectivity index is 1.98. The van der Waals surface area contributed by atoms with Gasteiger partial charge in [0.2, 0.25) is 11.8 Å². The molecule has 0 aliphatic carbocycles. The second-order valence-corrected chi connectivity index (χ2v) is 6.22.